The van der Waals surface area contributed by atoms with Crippen LogP contribution in [0.1, 0.15) is 21.7 Å². The Morgan fingerprint density at radius 2 is 2.05 bits per heavy atom. The van der Waals surface area contributed by atoms with Gasteiger partial charge in [-0.25, -0.2) is 4.98 Å². The molecule has 3 aromatic rings. The summed E-state index contributed by atoms with van der Waals surface area (Å²) in [5.41, 5.74) is 1.87. The number of rotatable bonds is 3. The fourth-order valence-electron chi connectivity index (χ4n) is 2.05. The van der Waals surface area contributed by atoms with Crippen molar-refractivity contribution in [1.29, 1.82) is 0 Å². The standard InChI is InChI=1S/C15H14N2OS/c1-10-16-9-15(19-10)14(18)8-12-7-6-11-4-2-3-5-13(11)17-12/h2-7,9,14,18H,8H2,1H3. The van der Waals surface area contributed by atoms with E-state index >= 15 is 0 Å². The van der Waals surface area contributed by atoms with E-state index in [1.165, 1.54) is 11.3 Å². The second-order valence-electron chi connectivity index (χ2n) is 4.50. The van der Waals surface area contributed by atoms with Crippen molar-refractivity contribution in [3.8, 4) is 0 Å². The lowest BCUT2D eigenvalue weighted by molar-refractivity contribution is 0.181. The number of para-hydroxylation sites is 1. The molecule has 0 radical (unpaired) electrons. The fourth-order valence-corrected chi connectivity index (χ4v) is 2.82. The third-order valence-corrected chi connectivity index (χ3v) is 4.04. The van der Waals surface area contributed by atoms with Crippen LogP contribution in [0.5, 0.6) is 0 Å². The summed E-state index contributed by atoms with van der Waals surface area (Å²) in [7, 11) is 0. The molecule has 0 saturated carbocycles. The van der Waals surface area contributed by atoms with Crippen LogP contribution in [-0.4, -0.2) is 15.1 Å². The number of thiazole rings is 1. The maximum Gasteiger partial charge on any atom is 0.0953 e. The Morgan fingerprint density at radius 3 is 2.84 bits per heavy atom. The molecule has 1 unspecified atom stereocenters. The molecule has 0 aliphatic heterocycles. The Kier molecular flexibility index (Phi) is 3.27. The van der Waals surface area contributed by atoms with Crippen LogP contribution in [-0.2, 0) is 6.42 Å². The smallest absolute Gasteiger partial charge is 0.0953 e. The summed E-state index contributed by atoms with van der Waals surface area (Å²) >= 11 is 1.53. The van der Waals surface area contributed by atoms with Crippen molar-refractivity contribution in [1.82, 2.24) is 9.97 Å². The van der Waals surface area contributed by atoms with Gasteiger partial charge in [0.25, 0.3) is 0 Å². The van der Waals surface area contributed by atoms with Crippen molar-refractivity contribution in [2.75, 3.05) is 0 Å². The largest absolute Gasteiger partial charge is 0.387 e. The minimum Gasteiger partial charge on any atom is -0.387 e. The molecule has 2 heterocycles. The van der Waals surface area contributed by atoms with Crippen LogP contribution in [0.25, 0.3) is 10.9 Å². The minimum atomic E-state index is -0.528. The zero-order chi connectivity index (χ0) is 13.2. The van der Waals surface area contributed by atoms with Gasteiger partial charge in [-0.1, -0.05) is 24.3 Å². The zero-order valence-corrected chi connectivity index (χ0v) is 11.4. The van der Waals surface area contributed by atoms with E-state index in [-0.39, 0.29) is 0 Å². The number of aliphatic hydroxyl groups is 1. The first-order valence-corrected chi connectivity index (χ1v) is 6.99. The second kappa shape index (κ2) is 5.07. The Labute approximate surface area is 115 Å². The van der Waals surface area contributed by atoms with Crippen LogP contribution in [0.3, 0.4) is 0 Å². The topological polar surface area (TPSA) is 46.0 Å². The Morgan fingerprint density at radius 1 is 1.21 bits per heavy atom. The first kappa shape index (κ1) is 12.3. The first-order chi connectivity index (χ1) is 9.22. The van der Waals surface area contributed by atoms with Crippen molar-refractivity contribution in [2.45, 2.75) is 19.4 Å². The maximum absolute atomic E-state index is 10.2. The molecule has 1 N–H and O–H groups in total. The van der Waals surface area contributed by atoms with Gasteiger partial charge in [0.2, 0.25) is 0 Å². The number of aliphatic hydroxyl groups excluding tert-OH is 1. The highest BCUT2D eigenvalue weighted by molar-refractivity contribution is 7.11. The van der Waals surface area contributed by atoms with Crippen molar-refractivity contribution < 1.29 is 5.11 Å². The summed E-state index contributed by atoms with van der Waals surface area (Å²) in [5, 5.41) is 12.3. The lowest BCUT2D eigenvalue weighted by Crippen LogP contribution is -2.01. The summed E-state index contributed by atoms with van der Waals surface area (Å²) in [4.78, 5) is 9.63. The Balaban J connectivity index is 1.84. The second-order valence-corrected chi connectivity index (χ2v) is 5.76. The van der Waals surface area contributed by atoms with Crippen LogP contribution in [0.2, 0.25) is 0 Å². The highest BCUT2D eigenvalue weighted by Gasteiger charge is 2.12. The molecule has 0 amide bonds. The minimum absolute atomic E-state index is 0.520. The van der Waals surface area contributed by atoms with E-state index in [9.17, 15) is 5.11 Å². The van der Waals surface area contributed by atoms with Crippen LogP contribution in [0, 0.1) is 6.92 Å². The number of hydrogen-bond acceptors (Lipinski definition) is 4. The third kappa shape index (κ3) is 2.64. The summed E-state index contributed by atoms with van der Waals surface area (Å²) in [5.74, 6) is 0. The van der Waals surface area contributed by atoms with Gasteiger partial charge >= 0.3 is 0 Å². The van der Waals surface area contributed by atoms with Gasteiger partial charge in [0.05, 0.1) is 21.5 Å². The number of aromatic nitrogens is 2. The van der Waals surface area contributed by atoms with Gasteiger partial charge < -0.3 is 5.11 Å². The van der Waals surface area contributed by atoms with E-state index < -0.39 is 6.10 Å². The van der Waals surface area contributed by atoms with Crippen molar-refractivity contribution in [3.05, 3.63) is 58.2 Å². The van der Waals surface area contributed by atoms with Gasteiger partial charge in [-0.2, -0.15) is 0 Å². The number of hydrogen-bond donors (Lipinski definition) is 1. The summed E-state index contributed by atoms with van der Waals surface area (Å²) in [6.45, 7) is 1.94. The normalized spacial score (nSPS) is 12.7. The van der Waals surface area contributed by atoms with Crippen LogP contribution < -0.4 is 0 Å². The molecular weight excluding hydrogens is 256 g/mol. The van der Waals surface area contributed by atoms with E-state index in [0.29, 0.717) is 6.42 Å². The maximum atomic E-state index is 10.2. The molecule has 19 heavy (non-hydrogen) atoms. The molecule has 0 aliphatic carbocycles. The van der Waals surface area contributed by atoms with Gasteiger partial charge in [-0.05, 0) is 19.1 Å². The predicted octanol–water partition coefficient (Wildman–Crippen LogP) is 3.28. The molecule has 1 atom stereocenters. The summed E-state index contributed by atoms with van der Waals surface area (Å²) in [6.07, 6.45) is 1.73. The number of nitrogens with zero attached hydrogens (tertiary/aromatic N) is 2. The quantitative estimate of drug-likeness (QED) is 0.794. The molecule has 3 nitrogen and oxygen atoms in total. The number of fused-ring (bicyclic) bond motifs is 1. The van der Waals surface area contributed by atoms with E-state index in [1.54, 1.807) is 6.20 Å². The van der Waals surface area contributed by atoms with E-state index in [2.05, 4.69) is 9.97 Å². The Bertz CT molecular complexity index is 708. The van der Waals surface area contributed by atoms with Crippen LogP contribution in [0.15, 0.2) is 42.6 Å². The highest BCUT2D eigenvalue weighted by Crippen LogP contribution is 2.23. The molecule has 3 rings (SSSR count). The molecule has 2 aromatic heterocycles. The number of benzene rings is 1. The fraction of sp³-hybridized carbons (Fsp3) is 0.200. The average molecular weight is 270 g/mol. The average Bonchev–Trinajstić information content (AvgIpc) is 2.85. The molecular formula is C15H14N2OS. The van der Waals surface area contributed by atoms with E-state index in [4.69, 9.17) is 0 Å². The third-order valence-electron chi connectivity index (χ3n) is 3.03. The molecule has 1 aromatic carbocycles. The van der Waals surface area contributed by atoms with Crippen molar-refractivity contribution in [3.63, 3.8) is 0 Å². The van der Waals surface area contributed by atoms with Gasteiger partial charge in [-0.3, -0.25) is 4.98 Å². The number of aryl methyl sites for hydroxylation is 1. The highest BCUT2D eigenvalue weighted by atomic mass is 32.1. The van der Waals surface area contributed by atoms with Crippen LogP contribution >= 0.6 is 11.3 Å². The summed E-state index contributed by atoms with van der Waals surface area (Å²) < 4.78 is 0. The molecule has 0 saturated heterocycles. The van der Waals surface area contributed by atoms with Crippen molar-refractivity contribution in [2.24, 2.45) is 0 Å². The van der Waals surface area contributed by atoms with E-state index in [0.717, 1.165) is 26.5 Å². The first-order valence-electron chi connectivity index (χ1n) is 6.17. The lowest BCUT2D eigenvalue weighted by atomic mass is 10.1. The Hall–Kier alpha value is -1.78. The molecule has 4 heteroatoms. The van der Waals surface area contributed by atoms with E-state index in [1.807, 2.05) is 43.3 Å². The molecule has 0 aliphatic rings. The zero-order valence-electron chi connectivity index (χ0n) is 10.6. The van der Waals surface area contributed by atoms with Gasteiger partial charge in [0.15, 0.2) is 0 Å². The van der Waals surface area contributed by atoms with Gasteiger partial charge in [0, 0.05) is 23.7 Å². The predicted molar refractivity (Wildman–Crippen MR) is 77.3 cm³/mol. The molecule has 0 spiro atoms. The molecule has 0 bridgehead atoms. The van der Waals surface area contributed by atoms with Gasteiger partial charge in [0.1, 0.15) is 0 Å². The SMILES string of the molecule is Cc1ncc(C(O)Cc2ccc3ccccc3n2)s1. The lowest BCUT2D eigenvalue weighted by Gasteiger charge is -2.08. The van der Waals surface area contributed by atoms with Gasteiger partial charge in [-0.15, -0.1) is 11.3 Å². The molecule has 96 valence electrons. The number of pyridine rings is 1. The summed E-state index contributed by atoms with van der Waals surface area (Å²) in [6, 6.07) is 12.0. The monoisotopic (exact) mass is 270 g/mol. The van der Waals surface area contributed by atoms with Crippen LogP contribution in [0.4, 0.5) is 0 Å². The van der Waals surface area contributed by atoms with Crippen molar-refractivity contribution >= 4 is 22.2 Å². The molecule has 0 fully saturated rings.